The van der Waals surface area contributed by atoms with Crippen molar-refractivity contribution in [3.63, 3.8) is 0 Å². The molecule has 2 aliphatic rings. The van der Waals surface area contributed by atoms with Gasteiger partial charge in [0.05, 0.1) is 33.0 Å². The molecule has 2 fully saturated rings. The molecule has 5 rings (SSSR count). The first-order valence-corrected chi connectivity index (χ1v) is 15.4. The maximum atomic E-state index is 13.5. The van der Waals surface area contributed by atoms with Crippen molar-refractivity contribution in [3.05, 3.63) is 108 Å². The molecule has 0 amide bonds. The number of benzene rings is 3. The van der Waals surface area contributed by atoms with Gasteiger partial charge < -0.3 is 23.7 Å². The molecule has 1 unspecified atom stereocenters. The van der Waals surface area contributed by atoms with E-state index in [1.54, 1.807) is 13.8 Å². The quantitative estimate of drug-likeness (QED) is 0.218. The lowest BCUT2D eigenvalue weighted by Crippen LogP contribution is -2.63. The lowest BCUT2D eigenvalue weighted by Gasteiger charge is -2.49. The number of hydrogen-bond donors (Lipinski definition) is 0. The number of hydrogen-bond acceptors (Lipinski definition) is 9. The second-order valence-electron chi connectivity index (χ2n) is 9.63. The smallest absolute Gasteiger partial charge is 0.368 e. The van der Waals surface area contributed by atoms with E-state index in [2.05, 4.69) is 0 Å². The largest absolute Gasteiger partial charge is 0.477 e. The third-order valence-corrected chi connectivity index (χ3v) is 8.35. The molecule has 0 radical (unpaired) electrons. The fraction of sp³-hybridized carbons (Fsp3) is 0.419. The number of ether oxygens (including phenoxy) is 5. The summed E-state index contributed by atoms with van der Waals surface area (Å²) in [5.41, 5.74) is 2.81. The highest BCUT2D eigenvalue weighted by Crippen LogP contribution is 2.52. The van der Waals surface area contributed by atoms with E-state index in [9.17, 15) is 4.57 Å². The monoisotopic (exact) mass is 584 g/mol. The van der Waals surface area contributed by atoms with Crippen molar-refractivity contribution in [3.8, 4) is 0 Å². The normalized spacial score (nSPS) is 26.4. The van der Waals surface area contributed by atoms with E-state index in [1.165, 1.54) is 0 Å². The van der Waals surface area contributed by atoms with Gasteiger partial charge in [0.15, 0.2) is 12.6 Å². The summed E-state index contributed by atoms with van der Waals surface area (Å²) < 4.78 is 62.2. The van der Waals surface area contributed by atoms with Crippen LogP contribution in [0.4, 0.5) is 0 Å². The standard InChI is InChI=1S/C31H37O9P/c1-3-36-41(32,37-4-2)40-31-29(34-21-24-16-10-6-11-17-24)28(33-20-23-14-8-5-9-15-23)27-26(38-31)22-35-30(39-27)25-18-12-7-13-19-25/h5-19,26-31H,3-4,20-22H2,1-2H3/t26-,27-,28+,29+,30?,31-/m1/s1. The Labute approximate surface area is 241 Å². The van der Waals surface area contributed by atoms with Gasteiger partial charge in [-0.15, -0.1) is 0 Å². The van der Waals surface area contributed by atoms with Crippen LogP contribution in [0.2, 0.25) is 0 Å². The molecule has 6 atom stereocenters. The van der Waals surface area contributed by atoms with Gasteiger partial charge in [-0.05, 0) is 25.0 Å². The van der Waals surface area contributed by atoms with Crippen LogP contribution < -0.4 is 0 Å². The summed E-state index contributed by atoms with van der Waals surface area (Å²) in [7, 11) is -3.97. The van der Waals surface area contributed by atoms with Crippen LogP contribution in [-0.2, 0) is 55.0 Å². The average Bonchev–Trinajstić information content (AvgIpc) is 3.00. The number of rotatable bonds is 13. The highest BCUT2D eigenvalue weighted by molar-refractivity contribution is 7.48. The maximum Gasteiger partial charge on any atom is 0.477 e. The summed E-state index contributed by atoms with van der Waals surface area (Å²) in [5.74, 6) is 0. The molecule has 220 valence electrons. The summed E-state index contributed by atoms with van der Waals surface area (Å²) in [6.07, 6.45) is -4.44. The lowest BCUT2D eigenvalue weighted by molar-refractivity contribution is -0.363. The van der Waals surface area contributed by atoms with Crippen molar-refractivity contribution in [2.45, 2.75) is 64.1 Å². The van der Waals surface area contributed by atoms with Crippen LogP contribution in [-0.4, -0.2) is 50.5 Å². The van der Waals surface area contributed by atoms with E-state index in [4.69, 9.17) is 37.3 Å². The van der Waals surface area contributed by atoms with E-state index < -0.39 is 44.8 Å². The zero-order chi connectivity index (χ0) is 28.5. The second kappa shape index (κ2) is 14.6. The Morgan fingerprint density at radius 1 is 0.732 bits per heavy atom. The van der Waals surface area contributed by atoms with Crippen LogP contribution in [0.3, 0.4) is 0 Å². The van der Waals surface area contributed by atoms with Crippen molar-refractivity contribution in [1.82, 2.24) is 0 Å². The van der Waals surface area contributed by atoms with Crippen LogP contribution in [0.15, 0.2) is 91.0 Å². The Balaban J connectivity index is 1.46. The molecule has 3 aromatic rings. The molecule has 2 saturated heterocycles. The Bertz CT molecular complexity index is 1220. The first-order chi connectivity index (χ1) is 20.1. The second-order valence-corrected chi connectivity index (χ2v) is 11.3. The zero-order valence-corrected chi connectivity index (χ0v) is 24.2. The van der Waals surface area contributed by atoms with Gasteiger partial charge in [0.2, 0.25) is 0 Å². The Kier molecular flexibility index (Phi) is 10.7. The summed E-state index contributed by atoms with van der Waals surface area (Å²) in [4.78, 5) is 0. The zero-order valence-electron chi connectivity index (χ0n) is 23.3. The predicted molar refractivity (Wildman–Crippen MR) is 151 cm³/mol. The maximum absolute atomic E-state index is 13.5. The van der Waals surface area contributed by atoms with E-state index in [-0.39, 0.29) is 26.4 Å². The van der Waals surface area contributed by atoms with Gasteiger partial charge in [-0.1, -0.05) is 91.0 Å². The molecule has 0 saturated carbocycles. The molecule has 2 aliphatic heterocycles. The van der Waals surface area contributed by atoms with Crippen LogP contribution in [0.1, 0.15) is 36.8 Å². The Hall–Kier alpha value is -2.43. The number of fused-ring (bicyclic) bond motifs is 1. The van der Waals surface area contributed by atoms with Crippen molar-refractivity contribution in [1.29, 1.82) is 0 Å². The van der Waals surface area contributed by atoms with E-state index in [1.807, 2.05) is 91.0 Å². The van der Waals surface area contributed by atoms with Crippen LogP contribution in [0.5, 0.6) is 0 Å². The summed E-state index contributed by atoms with van der Waals surface area (Å²) in [5, 5.41) is 0. The number of phosphoric ester groups is 1. The third-order valence-electron chi connectivity index (χ3n) is 6.73. The van der Waals surface area contributed by atoms with Crippen LogP contribution >= 0.6 is 7.82 Å². The molecule has 0 aromatic heterocycles. The minimum Gasteiger partial charge on any atom is -0.368 e. The highest BCUT2D eigenvalue weighted by atomic mass is 31.2. The molecule has 0 bridgehead atoms. The Morgan fingerprint density at radius 2 is 1.27 bits per heavy atom. The van der Waals surface area contributed by atoms with E-state index in [0.29, 0.717) is 6.61 Å². The molecule has 2 heterocycles. The van der Waals surface area contributed by atoms with Gasteiger partial charge in [-0.25, -0.2) is 4.57 Å². The van der Waals surface area contributed by atoms with Gasteiger partial charge in [0.25, 0.3) is 0 Å². The van der Waals surface area contributed by atoms with Gasteiger partial charge in [-0.2, -0.15) is 0 Å². The van der Waals surface area contributed by atoms with Gasteiger partial charge in [-0.3, -0.25) is 13.6 Å². The van der Waals surface area contributed by atoms with Gasteiger partial charge >= 0.3 is 7.82 Å². The SMILES string of the molecule is CCOP(=O)(OCC)O[C@H]1O[C@@H]2COC(c3ccccc3)O[C@H]2[C@H](OCc2ccccc2)[C@@H]1OCc1ccccc1. The van der Waals surface area contributed by atoms with Crippen molar-refractivity contribution in [2.24, 2.45) is 0 Å². The van der Waals surface area contributed by atoms with E-state index >= 15 is 0 Å². The topological polar surface area (TPSA) is 90.9 Å². The first-order valence-electron chi connectivity index (χ1n) is 13.9. The Morgan fingerprint density at radius 3 is 1.83 bits per heavy atom. The molecule has 9 nitrogen and oxygen atoms in total. The van der Waals surface area contributed by atoms with Crippen molar-refractivity contribution >= 4 is 7.82 Å². The fourth-order valence-corrected chi connectivity index (χ4v) is 6.10. The predicted octanol–water partition coefficient (Wildman–Crippen LogP) is 6.19. The molecular formula is C31H37O9P. The highest BCUT2D eigenvalue weighted by Gasteiger charge is 2.53. The molecule has 0 N–H and O–H groups in total. The lowest BCUT2D eigenvalue weighted by atomic mass is 9.97. The van der Waals surface area contributed by atoms with E-state index in [0.717, 1.165) is 16.7 Å². The summed E-state index contributed by atoms with van der Waals surface area (Å²) >= 11 is 0. The van der Waals surface area contributed by atoms with Gasteiger partial charge in [0.1, 0.15) is 24.4 Å². The minimum atomic E-state index is -3.97. The molecule has 0 aliphatic carbocycles. The molecule has 3 aromatic carbocycles. The molecule has 41 heavy (non-hydrogen) atoms. The third kappa shape index (κ3) is 7.90. The average molecular weight is 585 g/mol. The van der Waals surface area contributed by atoms with Crippen molar-refractivity contribution in [2.75, 3.05) is 19.8 Å². The van der Waals surface area contributed by atoms with Crippen LogP contribution in [0, 0.1) is 0 Å². The number of phosphoric acid groups is 1. The van der Waals surface area contributed by atoms with Crippen molar-refractivity contribution < 1.29 is 41.8 Å². The van der Waals surface area contributed by atoms with Crippen LogP contribution in [0.25, 0.3) is 0 Å². The molecular weight excluding hydrogens is 547 g/mol. The minimum absolute atomic E-state index is 0.129. The summed E-state index contributed by atoms with van der Waals surface area (Å²) in [6.45, 7) is 4.43. The fourth-order valence-electron chi connectivity index (χ4n) is 4.85. The van der Waals surface area contributed by atoms with Gasteiger partial charge in [0, 0.05) is 5.56 Å². The molecule has 0 spiro atoms. The first kappa shape index (κ1) is 30.0. The molecule has 10 heteroatoms. The summed E-state index contributed by atoms with van der Waals surface area (Å²) in [6, 6.07) is 29.3.